The number of para-hydroxylation sites is 3. The van der Waals surface area contributed by atoms with Gasteiger partial charge in [0.05, 0.1) is 33.4 Å². The van der Waals surface area contributed by atoms with Crippen molar-refractivity contribution in [3.8, 4) is 17.2 Å². The molecule has 3 aromatic rings. The monoisotopic (exact) mass is 502 g/mol. The average Bonchev–Trinajstić information content (AvgIpc) is 2.93. The van der Waals surface area contributed by atoms with Crippen LogP contribution in [0.4, 0.5) is 5.69 Å². The number of piperidine rings is 1. The highest BCUT2D eigenvalue weighted by Crippen LogP contribution is 2.42. The summed E-state index contributed by atoms with van der Waals surface area (Å²) in [7, 11) is 4.88. The summed E-state index contributed by atoms with van der Waals surface area (Å²) in [5.41, 5.74) is 2.39. The topological polar surface area (TPSA) is 77.1 Å². The number of benzene rings is 3. The van der Waals surface area contributed by atoms with Gasteiger partial charge in [0.25, 0.3) is 0 Å². The van der Waals surface area contributed by atoms with Crippen molar-refractivity contribution in [2.45, 2.75) is 31.1 Å². The minimum absolute atomic E-state index is 0.0729. The molecule has 0 saturated carbocycles. The van der Waals surface area contributed by atoms with Crippen molar-refractivity contribution in [2.24, 2.45) is 0 Å². The Bertz CT molecular complexity index is 1230. The van der Waals surface area contributed by atoms with Crippen LogP contribution in [0.3, 0.4) is 0 Å². The molecule has 0 unspecified atom stereocenters. The molecule has 0 bridgehead atoms. The third kappa shape index (κ3) is 6.05. The van der Waals surface area contributed by atoms with Gasteiger partial charge in [-0.3, -0.25) is 14.9 Å². The van der Waals surface area contributed by atoms with Crippen LogP contribution < -0.4 is 24.4 Å². The number of anilines is 1. The van der Waals surface area contributed by atoms with Crippen molar-refractivity contribution in [3.63, 3.8) is 0 Å². The number of hydrogen-bond acceptors (Lipinski definition) is 6. The van der Waals surface area contributed by atoms with E-state index in [-0.39, 0.29) is 24.7 Å². The third-order valence-electron chi connectivity index (χ3n) is 7.15. The zero-order valence-corrected chi connectivity index (χ0v) is 21.7. The lowest BCUT2D eigenvalue weighted by atomic mass is 9.70. The molecule has 1 N–H and O–H groups in total. The lowest BCUT2D eigenvalue weighted by molar-refractivity contribution is -0.130. The number of methoxy groups -OCH3 is 3. The van der Waals surface area contributed by atoms with E-state index in [1.54, 1.807) is 27.4 Å². The van der Waals surface area contributed by atoms with E-state index in [2.05, 4.69) is 16.3 Å². The molecule has 0 spiro atoms. The van der Waals surface area contributed by atoms with Crippen LogP contribution in [0, 0.1) is 0 Å². The number of imide groups is 1. The maximum absolute atomic E-state index is 13.2. The molecule has 1 saturated heterocycles. The van der Waals surface area contributed by atoms with E-state index in [4.69, 9.17) is 14.2 Å². The first kappa shape index (κ1) is 26.1. The summed E-state index contributed by atoms with van der Waals surface area (Å²) in [6.45, 7) is 1.50. The summed E-state index contributed by atoms with van der Waals surface area (Å²) in [5, 5.41) is 2.61. The van der Waals surface area contributed by atoms with Crippen LogP contribution in [0.5, 0.6) is 17.2 Å². The van der Waals surface area contributed by atoms with Gasteiger partial charge < -0.3 is 19.1 Å². The Balaban J connectivity index is 1.52. The number of ether oxygens (including phenoxy) is 3. The van der Waals surface area contributed by atoms with Gasteiger partial charge >= 0.3 is 0 Å². The van der Waals surface area contributed by atoms with E-state index in [9.17, 15) is 9.59 Å². The summed E-state index contributed by atoms with van der Waals surface area (Å²) in [6, 6.07) is 23.2. The van der Waals surface area contributed by atoms with Crippen molar-refractivity contribution < 1.29 is 23.8 Å². The number of carbonyl (C=O) groups excluding carboxylic acids is 2. The molecular formula is C30H34N2O5. The van der Waals surface area contributed by atoms with Gasteiger partial charge in [-0.2, -0.15) is 0 Å². The Hall–Kier alpha value is -4.00. The molecule has 1 aliphatic rings. The highest BCUT2D eigenvalue weighted by Gasteiger charge is 2.39. The molecule has 3 aromatic carbocycles. The predicted octanol–water partition coefficient (Wildman–Crippen LogP) is 4.53. The summed E-state index contributed by atoms with van der Waals surface area (Å²) < 4.78 is 16.4. The van der Waals surface area contributed by atoms with Crippen LogP contribution in [-0.2, 0) is 21.4 Å². The van der Waals surface area contributed by atoms with Crippen molar-refractivity contribution in [2.75, 3.05) is 39.3 Å². The second-order valence-corrected chi connectivity index (χ2v) is 9.31. The standard InChI is InChI=1S/C30H34N2O5/c1-35-24-11-8-10-23(20-24)30(15-17-32(18-16-30)25-12-5-7-14-27(25)37-3)21-29(34)31-28(33)19-22-9-4-6-13-26(22)36-2/h4-14,20H,15-19,21H2,1-3H3,(H,31,33,34). The summed E-state index contributed by atoms with van der Waals surface area (Å²) in [5.74, 6) is 1.57. The van der Waals surface area contributed by atoms with Gasteiger partial charge in [0.15, 0.2) is 0 Å². The van der Waals surface area contributed by atoms with Gasteiger partial charge in [-0.15, -0.1) is 0 Å². The van der Waals surface area contributed by atoms with Gasteiger partial charge in [0.2, 0.25) is 11.8 Å². The minimum atomic E-state index is -0.429. The fourth-order valence-corrected chi connectivity index (χ4v) is 5.16. The smallest absolute Gasteiger partial charge is 0.231 e. The Morgan fingerprint density at radius 2 is 1.49 bits per heavy atom. The molecular weight excluding hydrogens is 468 g/mol. The van der Waals surface area contributed by atoms with Crippen LogP contribution in [0.2, 0.25) is 0 Å². The zero-order valence-electron chi connectivity index (χ0n) is 21.7. The average molecular weight is 503 g/mol. The van der Waals surface area contributed by atoms with E-state index in [0.29, 0.717) is 5.75 Å². The summed E-state index contributed by atoms with van der Waals surface area (Å²) >= 11 is 0. The fraction of sp³-hybridized carbons (Fsp3) is 0.333. The fourth-order valence-electron chi connectivity index (χ4n) is 5.16. The highest BCUT2D eigenvalue weighted by molar-refractivity contribution is 5.96. The molecule has 4 rings (SSSR count). The molecule has 194 valence electrons. The van der Waals surface area contributed by atoms with E-state index >= 15 is 0 Å². The van der Waals surface area contributed by atoms with Crippen molar-refractivity contribution >= 4 is 17.5 Å². The molecule has 7 heteroatoms. The maximum atomic E-state index is 13.2. The minimum Gasteiger partial charge on any atom is -0.497 e. The Kier molecular flexibility index (Phi) is 8.33. The van der Waals surface area contributed by atoms with E-state index < -0.39 is 5.41 Å². The van der Waals surface area contributed by atoms with E-state index in [1.807, 2.05) is 60.7 Å². The van der Waals surface area contributed by atoms with Gasteiger partial charge in [-0.1, -0.05) is 42.5 Å². The van der Waals surface area contributed by atoms with Crippen molar-refractivity contribution in [1.82, 2.24) is 5.32 Å². The molecule has 0 aromatic heterocycles. The van der Waals surface area contributed by atoms with Gasteiger partial charge in [-0.05, 0) is 48.7 Å². The van der Waals surface area contributed by atoms with Crippen molar-refractivity contribution in [3.05, 3.63) is 83.9 Å². The molecule has 0 atom stereocenters. The number of carbonyl (C=O) groups is 2. The first-order chi connectivity index (χ1) is 18.0. The highest BCUT2D eigenvalue weighted by atomic mass is 16.5. The molecule has 1 aliphatic heterocycles. The second-order valence-electron chi connectivity index (χ2n) is 9.31. The molecule has 0 aliphatic carbocycles. The second kappa shape index (κ2) is 11.8. The van der Waals surface area contributed by atoms with Crippen LogP contribution in [0.1, 0.15) is 30.4 Å². The molecule has 1 fully saturated rings. The molecule has 0 radical (unpaired) electrons. The Morgan fingerprint density at radius 1 is 0.811 bits per heavy atom. The van der Waals surface area contributed by atoms with Crippen molar-refractivity contribution in [1.29, 1.82) is 0 Å². The molecule has 37 heavy (non-hydrogen) atoms. The quantitative estimate of drug-likeness (QED) is 0.464. The lowest BCUT2D eigenvalue weighted by Crippen LogP contribution is -2.46. The van der Waals surface area contributed by atoms with E-state index in [1.165, 1.54) is 0 Å². The van der Waals surface area contributed by atoms with Gasteiger partial charge in [0, 0.05) is 30.5 Å². The normalized spacial score (nSPS) is 14.5. The number of rotatable bonds is 9. The van der Waals surface area contributed by atoms with Gasteiger partial charge in [0.1, 0.15) is 17.2 Å². The van der Waals surface area contributed by atoms with Crippen LogP contribution >= 0.6 is 0 Å². The Morgan fingerprint density at radius 3 is 2.19 bits per heavy atom. The first-order valence-corrected chi connectivity index (χ1v) is 12.4. The maximum Gasteiger partial charge on any atom is 0.231 e. The van der Waals surface area contributed by atoms with E-state index in [0.717, 1.165) is 54.2 Å². The Labute approximate surface area is 218 Å². The van der Waals surface area contributed by atoms with Crippen LogP contribution in [0.25, 0.3) is 0 Å². The summed E-state index contributed by atoms with van der Waals surface area (Å²) in [6.07, 6.45) is 1.76. The summed E-state index contributed by atoms with van der Waals surface area (Å²) in [4.78, 5) is 28.3. The molecule has 2 amide bonds. The largest absolute Gasteiger partial charge is 0.497 e. The molecule has 1 heterocycles. The first-order valence-electron chi connectivity index (χ1n) is 12.4. The SMILES string of the molecule is COc1cccc(C2(CC(=O)NC(=O)Cc3ccccc3OC)CCN(c3ccccc3OC)CC2)c1. The lowest BCUT2D eigenvalue weighted by Gasteiger charge is -2.43. The van der Waals surface area contributed by atoms with Crippen LogP contribution in [-0.4, -0.2) is 46.2 Å². The van der Waals surface area contributed by atoms with Gasteiger partial charge in [-0.25, -0.2) is 0 Å². The predicted molar refractivity (Wildman–Crippen MR) is 144 cm³/mol. The number of nitrogens with one attached hydrogen (secondary N) is 1. The number of amides is 2. The van der Waals surface area contributed by atoms with Crippen LogP contribution in [0.15, 0.2) is 72.8 Å². The molecule has 7 nitrogen and oxygen atoms in total. The third-order valence-corrected chi connectivity index (χ3v) is 7.15. The number of hydrogen-bond donors (Lipinski definition) is 1. The number of nitrogens with zero attached hydrogens (tertiary/aromatic N) is 1. The zero-order chi connectivity index (χ0) is 26.3.